The van der Waals surface area contributed by atoms with Crippen molar-refractivity contribution in [2.75, 3.05) is 13.1 Å². The van der Waals surface area contributed by atoms with Crippen LogP contribution in [-0.4, -0.2) is 35.3 Å². The molecule has 122 valence electrons. The summed E-state index contributed by atoms with van der Waals surface area (Å²) in [5, 5.41) is 0. The number of aryl methyl sites for hydroxylation is 1. The lowest BCUT2D eigenvalue weighted by Gasteiger charge is -2.34. The number of hydrogen-bond donors (Lipinski definition) is 0. The molecular weight excluding hydrogens is 302 g/mol. The molecule has 0 radical (unpaired) electrons. The van der Waals surface area contributed by atoms with Crippen molar-refractivity contribution >= 4 is 11.7 Å². The van der Waals surface area contributed by atoms with E-state index in [9.17, 15) is 9.59 Å². The van der Waals surface area contributed by atoms with Gasteiger partial charge in [0.1, 0.15) is 11.4 Å². The Kier molecular flexibility index (Phi) is 3.41. The number of para-hydroxylation sites is 1. The van der Waals surface area contributed by atoms with Gasteiger partial charge in [-0.3, -0.25) is 9.59 Å². The standard InChI is InChI=1S/C20H19NO3/c1-14-6-2-3-7-15(14)19(23)21-11-10-20(13-21)12-17(22)16-8-4-5-9-18(16)24-20/h2-9H,10-13H2,1H3. The zero-order chi connectivity index (χ0) is 16.7. The van der Waals surface area contributed by atoms with Crippen molar-refractivity contribution in [1.29, 1.82) is 0 Å². The van der Waals surface area contributed by atoms with E-state index in [4.69, 9.17) is 4.74 Å². The largest absolute Gasteiger partial charge is 0.484 e. The Bertz CT molecular complexity index is 829. The molecule has 0 saturated carbocycles. The molecule has 4 rings (SSSR count). The third-order valence-electron chi connectivity index (χ3n) is 4.98. The highest BCUT2D eigenvalue weighted by molar-refractivity contribution is 6.01. The van der Waals surface area contributed by atoms with Gasteiger partial charge >= 0.3 is 0 Å². The molecule has 2 aromatic carbocycles. The fourth-order valence-electron chi connectivity index (χ4n) is 3.67. The van der Waals surface area contributed by atoms with E-state index in [0.717, 1.165) is 11.1 Å². The fraction of sp³-hybridized carbons (Fsp3) is 0.300. The number of benzene rings is 2. The minimum atomic E-state index is -0.580. The molecule has 1 unspecified atom stereocenters. The van der Waals surface area contributed by atoms with Gasteiger partial charge in [0.05, 0.1) is 18.5 Å². The Hall–Kier alpha value is -2.62. The predicted molar refractivity (Wildman–Crippen MR) is 90.4 cm³/mol. The fourth-order valence-corrected chi connectivity index (χ4v) is 3.67. The maximum atomic E-state index is 12.8. The number of hydrogen-bond acceptors (Lipinski definition) is 3. The molecule has 1 amide bonds. The molecule has 0 aliphatic carbocycles. The number of amides is 1. The SMILES string of the molecule is Cc1ccccc1C(=O)N1CCC2(CC(=O)c3ccccc3O2)C1. The predicted octanol–water partition coefficient (Wildman–Crippen LogP) is 3.25. The van der Waals surface area contributed by atoms with E-state index in [1.54, 1.807) is 6.07 Å². The lowest BCUT2D eigenvalue weighted by atomic mass is 9.89. The van der Waals surface area contributed by atoms with Gasteiger partial charge in [0.25, 0.3) is 5.91 Å². The molecule has 24 heavy (non-hydrogen) atoms. The summed E-state index contributed by atoms with van der Waals surface area (Å²) in [6, 6.07) is 15.0. The normalized spacial score (nSPS) is 22.4. The second-order valence-corrected chi connectivity index (χ2v) is 6.67. The molecule has 0 N–H and O–H groups in total. The third kappa shape index (κ3) is 2.39. The van der Waals surface area contributed by atoms with Crippen molar-refractivity contribution < 1.29 is 14.3 Å². The molecule has 2 aliphatic heterocycles. The lowest BCUT2D eigenvalue weighted by Crippen LogP contribution is -2.45. The van der Waals surface area contributed by atoms with Gasteiger partial charge in [0.15, 0.2) is 5.78 Å². The van der Waals surface area contributed by atoms with E-state index in [-0.39, 0.29) is 11.7 Å². The molecular formula is C20H19NO3. The van der Waals surface area contributed by atoms with Crippen LogP contribution in [0.15, 0.2) is 48.5 Å². The summed E-state index contributed by atoms with van der Waals surface area (Å²) in [6.45, 7) is 3.01. The average molecular weight is 321 g/mol. The number of carbonyl (C=O) groups excluding carboxylic acids is 2. The van der Waals surface area contributed by atoms with E-state index in [1.807, 2.05) is 54.3 Å². The van der Waals surface area contributed by atoms with E-state index in [2.05, 4.69) is 0 Å². The first kappa shape index (κ1) is 14.9. The topological polar surface area (TPSA) is 46.6 Å². The van der Waals surface area contributed by atoms with Gasteiger partial charge in [0, 0.05) is 18.5 Å². The monoisotopic (exact) mass is 321 g/mol. The Labute approximate surface area is 141 Å². The van der Waals surface area contributed by atoms with Gasteiger partial charge in [-0.25, -0.2) is 0 Å². The Balaban J connectivity index is 1.58. The molecule has 2 aliphatic rings. The molecule has 2 aromatic rings. The molecule has 1 atom stereocenters. The highest BCUT2D eigenvalue weighted by Gasteiger charge is 2.47. The summed E-state index contributed by atoms with van der Waals surface area (Å²) in [5.74, 6) is 0.751. The second kappa shape index (κ2) is 5.48. The van der Waals surface area contributed by atoms with Gasteiger partial charge in [0.2, 0.25) is 0 Å². The van der Waals surface area contributed by atoms with Crippen molar-refractivity contribution in [3.05, 3.63) is 65.2 Å². The number of Topliss-reactive ketones (excluding diaryl/α,β-unsaturated/α-hetero) is 1. The van der Waals surface area contributed by atoms with E-state index in [0.29, 0.717) is 37.2 Å². The van der Waals surface area contributed by atoms with E-state index >= 15 is 0 Å². The molecule has 1 spiro atoms. The first-order valence-electron chi connectivity index (χ1n) is 8.24. The first-order valence-corrected chi connectivity index (χ1v) is 8.24. The van der Waals surface area contributed by atoms with Crippen molar-refractivity contribution in [3.8, 4) is 5.75 Å². The summed E-state index contributed by atoms with van der Waals surface area (Å²) in [5.41, 5.74) is 1.75. The number of carbonyl (C=O) groups is 2. The second-order valence-electron chi connectivity index (χ2n) is 6.67. The summed E-state index contributed by atoms with van der Waals surface area (Å²) in [6.07, 6.45) is 1.02. The third-order valence-corrected chi connectivity index (χ3v) is 4.98. The lowest BCUT2D eigenvalue weighted by molar-refractivity contribution is 0.0428. The minimum absolute atomic E-state index is 0.0138. The molecule has 2 heterocycles. The number of fused-ring (bicyclic) bond motifs is 1. The zero-order valence-corrected chi connectivity index (χ0v) is 13.6. The van der Waals surface area contributed by atoms with Gasteiger partial charge in [-0.2, -0.15) is 0 Å². The number of ether oxygens (including phenoxy) is 1. The molecule has 4 heteroatoms. The highest BCUT2D eigenvalue weighted by Crippen LogP contribution is 2.39. The Morgan fingerprint density at radius 2 is 1.88 bits per heavy atom. The summed E-state index contributed by atoms with van der Waals surface area (Å²) >= 11 is 0. The van der Waals surface area contributed by atoms with Crippen LogP contribution in [0.3, 0.4) is 0 Å². The quantitative estimate of drug-likeness (QED) is 0.810. The Morgan fingerprint density at radius 3 is 2.71 bits per heavy atom. The summed E-state index contributed by atoms with van der Waals surface area (Å²) in [4.78, 5) is 27.1. The smallest absolute Gasteiger partial charge is 0.254 e. The van der Waals surface area contributed by atoms with Gasteiger partial charge in [-0.1, -0.05) is 30.3 Å². The van der Waals surface area contributed by atoms with Crippen LogP contribution in [0, 0.1) is 6.92 Å². The van der Waals surface area contributed by atoms with Crippen LogP contribution < -0.4 is 4.74 Å². The van der Waals surface area contributed by atoms with E-state index < -0.39 is 5.60 Å². The number of nitrogens with zero attached hydrogens (tertiary/aromatic N) is 1. The minimum Gasteiger partial charge on any atom is -0.484 e. The van der Waals surface area contributed by atoms with Crippen molar-refractivity contribution in [1.82, 2.24) is 4.90 Å². The summed E-state index contributed by atoms with van der Waals surface area (Å²) in [7, 11) is 0. The number of rotatable bonds is 1. The van der Waals surface area contributed by atoms with Gasteiger partial charge in [-0.05, 0) is 30.7 Å². The van der Waals surface area contributed by atoms with E-state index in [1.165, 1.54) is 0 Å². The molecule has 4 nitrogen and oxygen atoms in total. The summed E-state index contributed by atoms with van der Waals surface area (Å²) < 4.78 is 6.18. The van der Waals surface area contributed by atoms with Crippen LogP contribution >= 0.6 is 0 Å². The molecule has 1 fully saturated rings. The van der Waals surface area contributed by atoms with Crippen molar-refractivity contribution in [2.24, 2.45) is 0 Å². The molecule has 1 saturated heterocycles. The van der Waals surface area contributed by atoms with Crippen LogP contribution in [0.1, 0.15) is 39.1 Å². The number of likely N-dealkylation sites (tertiary alicyclic amines) is 1. The van der Waals surface area contributed by atoms with Crippen LogP contribution in [0.25, 0.3) is 0 Å². The van der Waals surface area contributed by atoms with Crippen LogP contribution in [0.4, 0.5) is 0 Å². The van der Waals surface area contributed by atoms with Gasteiger partial charge < -0.3 is 9.64 Å². The van der Waals surface area contributed by atoms with Crippen LogP contribution in [0.2, 0.25) is 0 Å². The maximum absolute atomic E-state index is 12.8. The number of ketones is 1. The molecule has 0 aromatic heterocycles. The zero-order valence-electron chi connectivity index (χ0n) is 13.6. The highest BCUT2D eigenvalue weighted by atomic mass is 16.5. The van der Waals surface area contributed by atoms with Crippen LogP contribution in [0.5, 0.6) is 5.75 Å². The average Bonchev–Trinajstić information content (AvgIpc) is 2.98. The first-order chi connectivity index (χ1) is 11.6. The molecule has 0 bridgehead atoms. The van der Waals surface area contributed by atoms with Gasteiger partial charge in [-0.15, -0.1) is 0 Å². The van der Waals surface area contributed by atoms with Crippen molar-refractivity contribution in [2.45, 2.75) is 25.4 Å². The maximum Gasteiger partial charge on any atom is 0.254 e. The Morgan fingerprint density at radius 1 is 1.12 bits per heavy atom. The van der Waals surface area contributed by atoms with Crippen LogP contribution in [-0.2, 0) is 0 Å². The van der Waals surface area contributed by atoms with Crippen molar-refractivity contribution in [3.63, 3.8) is 0 Å².